The molecular formula is C27H38N2O4. The van der Waals surface area contributed by atoms with E-state index in [1.165, 1.54) is 6.42 Å². The van der Waals surface area contributed by atoms with Crippen LogP contribution in [0.3, 0.4) is 0 Å². The lowest BCUT2D eigenvalue weighted by Crippen LogP contribution is -2.36. The van der Waals surface area contributed by atoms with E-state index in [2.05, 4.69) is 10.6 Å². The third-order valence-corrected chi connectivity index (χ3v) is 5.30. The van der Waals surface area contributed by atoms with E-state index < -0.39 is 12.2 Å². The van der Waals surface area contributed by atoms with Gasteiger partial charge in [-0.25, -0.2) is 0 Å². The lowest BCUT2D eigenvalue weighted by molar-refractivity contribution is -0.127. The van der Waals surface area contributed by atoms with Crippen molar-refractivity contribution in [1.82, 2.24) is 10.6 Å². The summed E-state index contributed by atoms with van der Waals surface area (Å²) in [6.45, 7) is 4.89. The van der Waals surface area contributed by atoms with E-state index in [1.807, 2.05) is 60.7 Å². The van der Waals surface area contributed by atoms with Crippen LogP contribution in [0, 0.1) is 0 Å². The SMILES string of the molecule is CC(Oc1ccccc1)C(=O)NCCCCCCCCCNC(=O)C(C)Oc1ccccc1. The van der Waals surface area contributed by atoms with E-state index in [9.17, 15) is 9.59 Å². The van der Waals surface area contributed by atoms with E-state index in [0.29, 0.717) is 24.6 Å². The number of hydrogen-bond acceptors (Lipinski definition) is 4. The lowest BCUT2D eigenvalue weighted by atomic mass is 10.1. The molecule has 0 radical (unpaired) electrons. The number of hydrogen-bond donors (Lipinski definition) is 2. The van der Waals surface area contributed by atoms with Gasteiger partial charge in [0.1, 0.15) is 11.5 Å². The Morgan fingerprint density at radius 2 is 0.939 bits per heavy atom. The summed E-state index contributed by atoms with van der Waals surface area (Å²) in [6.07, 6.45) is 6.61. The molecule has 0 fully saturated rings. The fourth-order valence-electron chi connectivity index (χ4n) is 3.36. The lowest BCUT2D eigenvalue weighted by Gasteiger charge is -2.14. The fourth-order valence-corrected chi connectivity index (χ4v) is 3.36. The standard InChI is InChI=1S/C27H38N2O4/c1-22(32-24-16-10-8-11-17-24)26(30)28-20-14-6-4-3-5-7-15-21-29-27(31)23(2)33-25-18-12-9-13-19-25/h8-13,16-19,22-23H,3-7,14-15,20-21H2,1-2H3,(H,28,30)(H,29,31). The van der Waals surface area contributed by atoms with Crippen molar-refractivity contribution in [2.45, 2.75) is 71.0 Å². The van der Waals surface area contributed by atoms with Gasteiger partial charge in [-0.1, -0.05) is 68.5 Å². The molecule has 180 valence electrons. The number of ether oxygens (including phenoxy) is 2. The molecule has 0 aliphatic heterocycles. The Morgan fingerprint density at radius 1 is 0.606 bits per heavy atom. The topological polar surface area (TPSA) is 76.7 Å². The van der Waals surface area contributed by atoms with Crippen molar-refractivity contribution in [3.05, 3.63) is 60.7 Å². The zero-order valence-corrected chi connectivity index (χ0v) is 19.9. The molecule has 6 heteroatoms. The average molecular weight is 455 g/mol. The van der Waals surface area contributed by atoms with Crippen LogP contribution in [0.2, 0.25) is 0 Å². The highest BCUT2D eigenvalue weighted by Crippen LogP contribution is 2.12. The molecule has 2 aromatic rings. The van der Waals surface area contributed by atoms with E-state index in [0.717, 1.165) is 38.5 Å². The van der Waals surface area contributed by atoms with Crippen LogP contribution in [0.4, 0.5) is 0 Å². The maximum Gasteiger partial charge on any atom is 0.260 e. The number of carbonyl (C=O) groups is 2. The van der Waals surface area contributed by atoms with Crippen molar-refractivity contribution in [1.29, 1.82) is 0 Å². The molecule has 2 N–H and O–H groups in total. The minimum atomic E-state index is -0.499. The van der Waals surface area contributed by atoms with Gasteiger partial charge in [0, 0.05) is 13.1 Å². The van der Waals surface area contributed by atoms with Gasteiger partial charge in [-0.3, -0.25) is 9.59 Å². The van der Waals surface area contributed by atoms with Gasteiger partial charge in [-0.2, -0.15) is 0 Å². The number of unbranched alkanes of at least 4 members (excludes halogenated alkanes) is 6. The molecule has 0 heterocycles. The fraction of sp³-hybridized carbons (Fsp3) is 0.481. The average Bonchev–Trinajstić information content (AvgIpc) is 2.83. The number of rotatable bonds is 16. The second kappa shape index (κ2) is 15.7. The quantitative estimate of drug-likeness (QED) is 0.354. The molecule has 0 bridgehead atoms. The summed E-state index contributed by atoms with van der Waals surface area (Å²) in [5, 5.41) is 5.88. The normalized spacial score (nSPS) is 12.4. The van der Waals surface area contributed by atoms with Gasteiger partial charge in [-0.15, -0.1) is 0 Å². The molecule has 33 heavy (non-hydrogen) atoms. The van der Waals surface area contributed by atoms with Crippen molar-refractivity contribution >= 4 is 11.8 Å². The van der Waals surface area contributed by atoms with Gasteiger partial charge in [0.25, 0.3) is 11.8 Å². The molecule has 0 saturated heterocycles. The highest BCUT2D eigenvalue weighted by atomic mass is 16.5. The molecule has 2 rings (SSSR count). The predicted molar refractivity (Wildman–Crippen MR) is 131 cm³/mol. The zero-order valence-electron chi connectivity index (χ0n) is 19.9. The summed E-state index contributed by atoms with van der Waals surface area (Å²) < 4.78 is 11.3. The number of para-hydroxylation sites is 2. The predicted octanol–water partition coefficient (Wildman–Crippen LogP) is 4.88. The van der Waals surface area contributed by atoms with E-state index >= 15 is 0 Å². The van der Waals surface area contributed by atoms with Crippen LogP contribution in [-0.4, -0.2) is 37.1 Å². The first-order chi connectivity index (χ1) is 16.1. The molecule has 2 unspecified atom stereocenters. The highest BCUT2D eigenvalue weighted by Gasteiger charge is 2.14. The third-order valence-electron chi connectivity index (χ3n) is 5.30. The summed E-state index contributed by atoms with van der Waals surface area (Å²) >= 11 is 0. The Bertz CT molecular complexity index is 731. The maximum atomic E-state index is 12.1. The molecule has 0 aliphatic carbocycles. The van der Waals surface area contributed by atoms with Crippen LogP contribution in [0.15, 0.2) is 60.7 Å². The molecule has 6 nitrogen and oxygen atoms in total. The second-order valence-corrected chi connectivity index (χ2v) is 8.20. The van der Waals surface area contributed by atoms with Crippen molar-refractivity contribution < 1.29 is 19.1 Å². The minimum Gasteiger partial charge on any atom is -0.481 e. The Kier molecular flexibility index (Phi) is 12.5. The molecule has 0 saturated carbocycles. The van der Waals surface area contributed by atoms with Crippen molar-refractivity contribution in [2.24, 2.45) is 0 Å². The zero-order chi connectivity index (χ0) is 23.7. The number of benzene rings is 2. The minimum absolute atomic E-state index is 0.0793. The molecule has 2 aromatic carbocycles. The molecule has 0 aromatic heterocycles. The Labute approximate surface area is 198 Å². The van der Waals surface area contributed by atoms with Crippen LogP contribution in [0.25, 0.3) is 0 Å². The van der Waals surface area contributed by atoms with Gasteiger partial charge in [0.05, 0.1) is 0 Å². The highest BCUT2D eigenvalue weighted by molar-refractivity contribution is 5.81. The van der Waals surface area contributed by atoms with Crippen molar-refractivity contribution in [2.75, 3.05) is 13.1 Å². The Hall–Kier alpha value is -3.02. The van der Waals surface area contributed by atoms with Crippen LogP contribution in [-0.2, 0) is 9.59 Å². The second-order valence-electron chi connectivity index (χ2n) is 8.20. The van der Waals surface area contributed by atoms with E-state index in [-0.39, 0.29) is 11.8 Å². The smallest absolute Gasteiger partial charge is 0.260 e. The molecule has 0 aliphatic rings. The molecule has 2 amide bonds. The van der Waals surface area contributed by atoms with Gasteiger partial charge < -0.3 is 20.1 Å². The first-order valence-electron chi connectivity index (χ1n) is 12.0. The maximum absolute atomic E-state index is 12.1. The van der Waals surface area contributed by atoms with Gasteiger partial charge >= 0.3 is 0 Å². The Morgan fingerprint density at radius 3 is 1.30 bits per heavy atom. The van der Waals surface area contributed by atoms with E-state index in [1.54, 1.807) is 13.8 Å². The monoisotopic (exact) mass is 454 g/mol. The van der Waals surface area contributed by atoms with Crippen molar-refractivity contribution in [3.8, 4) is 11.5 Å². The molecule has 2 atom stereocenters. The Balaban J connectivity index is 1.39. The number of nitrogens with one attached hydrogen (secondary N) is 2. The van der Waals surface area contributed by atoms with Crippen LogP contribution in [0.1, 0.15) is 58.8 Å². The van der Waals surface area contributed by atoms with Crippen LogP contribution in [0.5, 0.6) is 11.5 Å². The first kappa shape index (κ1) is 26.2. The first-order valence-corrected chi connectivity index (χ1v) is 12.0. The number of carbonyl (C=O) groups excluding carboxylic acids is 2. The van der Waals surface area contributed by atoms with E-state index in [4.69, 9.17) is 9.47 Å². The summed E-state index contributed by atoms with van der Waals surface area (Å²) in [4.78, 5) is 24.2. The van der Waals surface area contributed by atoms with Crippen molar-refractivity contribution in [3.63, 3.8) is 0 Å². The number of amides is 2. The van der Waals surface area contributed by atoms with Gasteiger partial charge in [-0.05, 0) is 51.0 Å². The van der Waals surface area contributed by atoms with Gasteiger partial charge in [0.2, 0.25) is 0 Å². The third kappa shape index (κ3) is 11.4. The summed E-state index contributed by atoms with van der Waals surface area (Å²) in [5.41, 5.74) is 0. The summed E-state index contributed by atoms with van der Waals surface area (Å²) in [5.74, 6) is 1.25. The van der Waals surface area contributed by atoms with Gasteiger partial charge in [0.15, 0.2) is 12.2 Å². The molecule has 0 spiro atoms. The largest absolute Gasteiger partial charge is 0.481 e. The summed E-state index contributed by atoms with van der Waals surface area (Å²) in [6, 6.07) is 18.8. The van der Waals surface area contributed by atoms with Crippen LogP contribution < -0.4 is 20.1 Å². The summed E-state index contributed by atoms with van der Waals surface area (Å²) in [7, 11) is 0. The molecular weight excluding hydrogens is 416 g/mol. The van der Waals surface area contributed by atoms with Crippen LogP contribution >= 0.6 is 0 Å².